The fourth-order valence-corrected chi connectivity index (χ4v) is 2.04. The predicted octanol–water partition coefficient (Wildman–Crippen LogP) is 2.30. The molecule has 2 rings (SSSR count). The zero-order valence-corrected chi connectivity index (χ0v) is 10.5. The highest BCUT2D eigenvalue weighted by Crippen LogP contribution is 2.23. The second-order valence-electron chi connectivity index (χ2n) is 4.13. The molecule has 0 aliphatic carbocycles. The molecule has 0 unspecified atom stereocenters. The van der Waals surface area contributed by atoms with Crippen LogP contribution < -0.4 is 10.5 Å². The molecule has 2 aromatic rings. The second-order valence-corrected chi connectivity index (χ2v) is 4.13. The Labute approximate surface area is 104 Å². The third kappa shape index (κ3) is 2.20. The first kappa shape index (κ1) is 12.5. The second kappa shape index (κ2) is 5.16. The normalized spacial score (nSPS) is 10.8. The van der Waals surface area contributed by atoms with Gasteiger partial charge in [0.25, 0.3) is 5.56 Å². The summed E-state index contributed by atoms with van der Waals surface area (Å²) in [6, 6.07) is 2.90. The smallest absolute Gasteiger partial charge is 0.258 e. The molecule has 0 saturated heterocycles. The van der Waals surface area contributed by atoms with Crippen LogP contribution in [0.5, 0.6) is 0 Å². The van der Waals surface area contributed by atoms with E-state index in [1.807, 2.05) is 18.7 Å². The molecule has 0 saturated carbocycles. The van der Waals surface area contributed by atoms with E-state index in [0.717, 1.165) is 19.5 Å². The van der Waals surface area contributed by atoms with Crippen LogP contribution in [0.3, 0.4) is 0 Å². The average Bonchev–Trinajstić information content (AvgIpc) is 2.37. The van der Waals surface area contributed by atoms with E-state index < -0.39 is 0 Å². The molecule has 0 spiro atoms. The van der Waals surface area contributed by atoms with Crippen LogP contribution in [0.1, 0.15) is 20.3 Å². The Bertz CT molecular complexity index is 609. The molecule has 0 aliphatic rings. The molecular formula is C13H16FN3O. The maximum Gasteiger partial charge on any atom is 0.258 e. The third-order valence-electron chi connectivity index (χ3n) is 2.92. The van der Waals surface area contributed by atoms with E-state index in [9.17, 15) is 9.18 Å². The van der Waals surface area contributed by atoms with Gasteiger partial charge < -0.3 is 9.88 Å². The van der Waals surface area contributed by atoms with E-state index >= 15 is 0 Å². The highest BCUT2D eigenvalue weighted by atomic mass is 19.1. The number of hydrogen-bond donors (Lipinski definition) is 1. The molecule has 1 aromatic heterocycles. The number of fused-ring (bicyclic) bond motifs is 1. The van der Waals surface area contributed by atoms with Crippen LogP contribution >= 0.6 is 0 Å². The summed E-state index contributed by atoms with van der Waals surface area (Å²) in [7, 11) is 0. The van der Waals surface area contributed by atoms with Crippen LogP contribution in [0.4, 0.5) is 10.1 Å². The van der Waals surface area contributed by atoms with Gasteiger partial charge in [0, 0.05) is 13.1 Å². The van der Waals surface area contributed by atoms with Gasteiger partial charge in [0.2, 0.25) is 0 Å². The molecule has 18 heavy (non-hydrogen) atoms. The van der Waals surface area contributed by atoms with Crippen molar-refractivity contribution in [2.75, 3.05) is 18.0 Å². The summed E-state index contributed by atoms with van der Waals surface area (Å²) in [5, 5.41) is 0.284. The summed E-state index contributed by atoms with van der Waals surface area (Å²) < 4.78 is 14.0. The topological polar surface area (TPSA) is 49.0 Å². The lowest BCUT2D eigenvalue weighted by atomic mass is 10.2. The number of halogens is 1. The number of nitrogens with one attached hydrogen (secondary N) is 1. The number of H-pyrrole nitrogens is 1. The van der Waals surface area contributed by atoms with Crippen LogP contribution in [-0.4, -0.2) is 23.1 Å². The molecule has 5 heteroatoms. The van der Waals surface area contributed by atoms with E-state index in [1.165, 1.54) is 12.4 Å². The summed E-state index contributed by atoms with van der Waals surface area (Å²) in [4.78, 5) is 20.0. The zero-order chi connectivity index (χ0) is 13.1. The van der Waals surface area contributed by atoms with Crippen molar-refractivity contribution < 1.29 is 4.39 Å². The molecule has 0 bridgehead atoms. The van der Waals surface area contributed by atoms with Crippen molar-refractivity contribution in [1.29, 1.82) is 0 Å². The number of aromatic amines is 1. The van der Waals surface area contributed by atoms with Gasteiger partial charge in [-0.1, -0.05) is 6.92 Å². The summed E-state index contributed by atoms with van der Waals surface area (Å²) in [6.07, 6.45) is 2.27. The van der Waals surface area contributed by atoms with Crippen LogP contribution in [0.15, 0.2) is 23.3 Å². The highest BCUT2D eigenvalue weighted by Gasteiger charge is 2.12. The van der Waals surface area contributed by atoms with E-state index in [4.69, 9.17) is 0 Å². The molecule has 0 atom stereocenters. The van der Waals surface area contributed by atoms with E-state index in [2.05, 4.69) is 9.97 Å². The fraction of sp³-hybridized carbons (Fsp3) is 0.385. The third-order valence-corrected chi connectivity index (χ3v) is 2.92. The lowest BCUT2D eigenvalue weighted by Gasteiger charge is -2.23. The zero-order valence-electron chi connectivity index (χ0n) is 10.5. The molecule has 1 N–H and O–H groups in total. The van der Waals surface area contributed by atoms with Crippen LogP contribution in [-0.2, 0) is 0 Å². The largest absolute Gasteiger partial charge is 0.369 e. The summed E-state index contributed by atoms with van der Waals surface area (Å²) in [6.45, 7) is 5.52. The molecule has 96 valence electrons. The van der Waals surface area contributed by atoms with Crippen molar-refractivity contribution >= 4 is 16.6 Å². The number of aromatic nitrogens is 2. The molecule has 4 nitrogen and oxygen atoms in total. The van der Waals surface area contributed by atoms with Gasteiger partial charge in [-0.05, 0) is 25.5 Å². The van der Waals surface area contributed by atoms with Crippen molar-refractivity contribution in [3.8, 4) is 0 Å². The minimum absolute atomic E-state index is 0.284. The van der Waals surface area contributed by atoms with Gasteiger partial charge in [-0.2, -0.15) is 0 Å². The summed E-state index contributed by atoms with van der Waals surface area (Å²) in [5.41, 5.74) is 0.707. The Morgan fingerprint density at radius 3 is 2.83 bits per heavy atom. The van der Waals surface area contributed by atoms with Gasteiger partial charge >= 0.3 is 0 Å². The molecule has 0 fully saturated rings. The first-order chi connectivity index (χ1) is 8.67. The van der Waals surface area contributed by atoms with Gasteiger partial charge in [-0.15, -0.1) is 0 Å². The molecule has 0 aliphatic heterocycles. The minimum Gasteiger partial charge on any atom is -0.369 e. The molecule has 1 aromatic carbocycles. The lowest BCUT2D eigenvalue weighted by Crippen LogP contribution is -2.24. The minimum atomic E-state index is -0.378. The van der Waals surface area contributed by atoms with Crippen molar-refractivity contribution in [1.82, 2.24) is 9.97 Å². The Balaban J connectivity index is 2.59. The van der Waals surface area contributed by atoms with E-state index in [0.29, 0.717) is 11.2 Å². The summed E-state index contributed by atoms with van der Waals surface area (Å²) in [5.74, 6) is -0.378. The average molecular weight is 249 g/mol. The van der Waals surface area contributed by atoms with Crippen molar-refractivity contribution in [3.63, 3.8) is 0 Å². The highest BCUT2D eigenvalue weighted by molar-refractivity contribution is 5.81. The van der Waals surface area contributed by atoms with Crippen molar-refractivity contribution in [2.24, 2.45) is 0 Å². The van der Waals surface area contributed by atoms with Gasteiger partial charge in [0.15, 0.2) is 0 Å². The fourth-order valence-electron chi connectivity index (χ4n) is 2.04. The quantitative estimate of drug-likeness (QED) is 0.904. The monoisotopic (exact) mass is 249 g/mol. The molecule has 0 amide bonds. The SMILES string of the molecule is CCCN(CC)c1cc2nc[nH]c(=O)c2cc1F. The van der Waals surface area contributed by atoms with Crippen molar-refractivity contribution in [2.45, 2.75) is 20.3 Å². The Morgan fingerprint density at radius 2 is 2.17 bits per heavy atom. The van der Waals surface area contributed by atoms with E-state index in [1.54, 1.807) is 6.07 Å². The Morgan fingerprint density at radius 1 is 1.39 bits per heavy atom. The number of nitrogens with zero attached hydrogens (tertiary/aromatic N) is 2. The Kier molecular flexibility index (Phi) is 3.60. The number of benzene rings is 1. The number of hydrogen-bond acceptors (Lipinski definition) is 3. The van der Waals surface area contributed by atoms with Crippen LogP contribution in [0.2, 0.25) is 0 Å². The maximum absolute atomic E-state index is 14.0. The molecule has 1 heterocycles. The van der Waals surface area contributed by atoms with Gasteiger partial charge in [-0.3, -0.25) is 4.79 Å². The first-order valence-electron chi connectivity index (χ1n) is 6.09. The van der Waals surface area contributed by atoms with E-state index in [-0.39, 0.29) is 16.8 Å². The lowest BCUT2D eigenvalue weighted by molar-refractivity contribution is 0.618. The first-order valence-corrected chi connectivity index (χ1v) is 6.09. The van der Waals surface area contributed by atoms with Gasteiger partial charge in [-0.25, -0.2) is 9.37 Å². The number of rotatable bonds is 4. The number of anilines is 1. The molecular weight excluding hydrogens is 233 g/mol. The van der Waals surface area contributed by atoms with Gasteiger partial charge in [0.1, 0.15) is 5.82 Å². The Hall–Kier alpha value is -1.91. The maximum atomic E-state index is 14.0. The standard InChI is InChI=1S/C13H16FN3O/c1-3-5-17(4-2)12-7-11-9(6-10(12)14)13(18)16-8-15-11/h6-8H,3-5H2,1-2H3,(H,15,16,18). The summed E-state index contributed by atoms with van der Waals surface area (Å²) >= 11 is 0. The molecule has 0 radical (unpaired) electrons. The van der Waals surface area contributed by atoms with Gasteiger partial charge in [0.05, 0.1) is 22.9 Å². The van der Waals surface area contributed by atoms with Crippen molar-refractivity contribution in [3.05, 3.63) is 34.6 Å². The van der Waals surface area contributed by atoms with Crippen LogP contribution in [0.25, 0.3) is 10.9 Å². The predicted molar refractivity (Wildman–Crippen MR) is 70.5 cm³/mol. The van der Waals surface area contributed by atoms with Crippen LogP contribution in [0, 0.1) is 5.82 Å².